The van der Waals surface area contributed by atoms with Crippen molar-refractivity contribution in [1.29, 1.82) is 0 Å². The number of likely N-dealkylation sites (tertiary alicyclic amines) is 1. The summed E-state index contributed by atoms with van der Waals surface area (Å²) in [5.74, 6) is 1.77. The van der Waals surface area contributed by atoms with E-state index in [0.717, 1.165) is 17.9 Å². The van der Waals surface area contributed by atoms with Gasteiger partial charge in [0.2, 0.25) is 0 Å². The maximum atomic E-state index is 3.53. The SMILES string of the molecule is CNC1CCCCC1CN(C)CC1CCN(C)C1. The molecule has 0 aromatic rings. The molecule has 0 aromatic heterocycles. The Bertz CT molecular complexity index is 244. The van der Waals surface area contributed by atoms with Gasteiger partial charge >= 0.3 is 0 Å². The van der Waals surface area contributed by atoms with Crippen LogP contribution in [0.4, 0.5) is 0 Å². The Morgan fingerprint density at radius 2 is 1.94 bits per heavy atom. The van der Waals surface area contributed by atoms with Crippen LogP contribution in [0.15, 0.2) is 0 Å². The third-order valence-electron chi connectivity index (χ3n) is 4.88. The fourth-order valence-electron chi connectivity index (χ4n) is 3.90. The van der Waals surface area contributed by atoms with Crippen LogP contribution in [0.5, 0.6) is 0 Å². The van der Waals surface area contributed by atoms with E-state index in [0.29, 0.717) is 0 Å². The first-order valence-electron chi connectivity index (χ1n) is 7.73. The van der Waals surface area contributed by atoms with Gasteiger partial charge in [-0.2, -0.15) is 0 Å². The molecule has 2 fully saturated rings. The molecule has 2 rings (SSSR count). The molecule has 0 spiro atoms. The van der Waals surface area contributed by atoms with Crippen molar-refractivity contribution in [3.63, 3.8) is 0 Å². The maximum Gasteiger partial charge on any atom is 0.0104 e. The molecule has 3 heteroatoms. The summed E-state index contributed by atoms with van der Waals surface area (Å²) < 4.78 is 0. The van der Waals surface area contributed by atoms with E-state index < -0.39 is 0 Å². The highest BCUT2D eigenvalue weighted by molar-refractivity contribution is 4.83. The van der Waals surface area contributed by atoms with Crippen LogP contribution in [-0.4, -0.2) is 63.2 Å². The molecule has 1 saturated heterocycles. The Kier molecular flexibility index (Phi) is 5.46. The van der Waals surface area contributed by atoms with Gasteiger partial charge in [-0.05, 0) is 58.8 Å². The molecule has 1 aliphatic heterocycles. The summed E-state index contributed by atoms with van der Waals surface area (Å²) in [6.45, 7) is 5.16. The highest BCUT2D eigenvalue weighted by atomic mass is 15.2. The average Bonchev–Trinajstić information content (AvgIpc) is 2.75. The lowest BCUT2D eigenvalue weighted by Crippen LogP contribution is -2.43. The van der Waals surface area contributed by atoms with Crippen LogP contribution in [0, 0.1) is 11.8 Å². The highest BCUT2D eigenvalue weighted by Gasteiger charge is 2.26. The first-order valence-corrected chi connectivity index (χ1v) is 7.73. The molecule has 106 valence electrons. The largest absolute Gasteiger partial charge is 0.317 e. The van der Waals surface area contributed by atoms with E-state index in [9.17, 15) is 0 Å². The van der Waals surface area contributed by atoms with E-state index in [-0.39, 0.29) is 0 Å². The minimum absolute atomic E-state index is 0.757. The Morgan fingerprint density at radius 1 is 1.17 bits per heavy atom. The minimum atomic E-state index is 0.757. The van der Waals surface area contributed by atoms with Crippen molar-refractivity contribution in [2.24, 2.45) is 11.8 Å². The van der Waals surface area contributed by atoms with Crippen LogP contribution in [0.3, 0.4) is 0 Å². The second-order valence-corrected chi connectivity index (χ2v) is 6.58. The second kappa shape index (κ2) is 6.88. The molecule has 0 bridgehead atoms. The maximum absolute atomic E-state index is 3.53. The summed E-state index contributed by atoms with van der Waals surface area (Å²) in [4.78, 5) is 5.06. The van der Waals surface area contributed by atoms with Gasteiger partial charge in [0.25, 0.3) is 0 Å². The molecule has 0 aromatic carbocycles. The van der Waals surface area contributed by atoms with Gasteiger partial charge < -0.3 is 15.1 Å². The van der Waals surface area contributed by atoms with Gasteiger partial charge in [-0.25, -0.2) is 0 Å². The molecule has 2 aliphatic rings. The molecule has 0 amide bonds. The number of nitrogens with zero attached hydrogens (tertiary/aromatic N) is 2. The molecular formula is C15H31N3. The van der Waals surface area contributed by atoms with Gasteiger partial charge in [0.15, 0.2) is 0 Å². The van der Waals surface area contributed by atoms with Gasteiger partial charge in [-0.1, -0.05) is 12.8 Å². The molecule has 0 radical (unpaired) electrons. The number of hydrogen-bond acceptors (Lipinski definition) is 3. The van der Waals surface area contributed by atoms with E-state index in [1.165, 1.54) is 58.3 Å². The minimum Gasteiger partial charge on any atom is -0.317 e. The second-order valence-electron chi connectivity index (χ2n) is 6.58. The summed E-state index contributed by atoms with van der Waals surface area (Å²) in [6, 6.07) is 0.757. The first-order chi connectivity index (χ1) is 8.69. The summed E-state index contributed by atoms with van der Waals surface area (Å²) in [5.41, 5.74) is 0. The molecule has 3 unspecified atom stereocenters. The molecule has 1 aliphatic carbocycles. The quantitative estimate of drug-likeness (QED) is 0.804. The summed E-state index contributed by atoms with van der Waals surface area (Å²) in [5, 5.41) is 3.53. The monoisotopic (exact) mass is 253 g/mol. The van der Waals surface area contributed by atoms with E-state index in [4.69, 9.17) is 0 Å². The Labute approximate surface area is 113 Å². The fraction of sp³-hybridized carbons (Fsp3) is 1.00. The Morgan fingerprint density at radius 3 is 2.61 bits per heavy atom. The Balaban J connectivity index is 1.73. The number of hydrogen-bond donors (Lipinski definition) is 1. The van der Waals surface area contributed by atoms with E-state index in [1.807, 2.05) is 0 Å². The predicted octanol–water partition coefficient (Wildman–Crippen LogP) is 1.65. The van der Waals surface area contributed by atoms with Crippen LogP contribution >= 0.6 is 0 Å². The van der Waals surface area contributed by atoms with Crippen molar-refractivity contribution >= 4 is 0 Å². The van der Waals surface area contributed by atoms with Gasteiger partial charge in [0.1, 0.15) is 0 Å². The highest BCUT2D eigenvalue weighted by Crippen LogP contribution is 2.25. The van der Waals surface area contributed by atoms with Gasteiger partial charge in [-0.3, -0.25) is 0 Å². The summed E-state index contributed by atoms with van der Waals surface area (Å²) in [6.07, 6.45) is 7.03. The zero-order valence-corrected chi connectivity index (χ0v) is 12.5. The number of nitrogens with one attached hydrogen (secondary N) is 1. The van der Waals surface area contributed by atoms with Crippen molar-refractivity contribution in [3.05, 3.63) is 0 Å². The smallest absolute Gasteiger partial charge is 0.0104 e. The van der Waals surface area contributed by atoms with Crippen molar-refractivity contribution in [1.82, 2.24) is 15.1 Å². The summed E-state index contributed by atoms with van der Waals surface area (Å²) >= 11 is 0. The van der Waals surface area contributed by atoms with Crippen LogP contribution in [-0.2, 0) is 0 Å². The van der Waals surface area contributed by atoms with E-state index in [1.54, 1.807) is 0 Å². The van der Waals surface area contributed by atoms with Gasteiger partial charge in [0, 0.05) is 25.7 Å². The molecule has 1 heterocycles. The van der Waals surface area contributed by atoms with Crippen LogP contribution in [0.1, 0.15) is 32.1 Å². The lowest BCUT2D eigenvalue weighted by atomic mass is 9.84. The zero-order chi connectivity index (χ0) is 13.0. The zero-order valence-electron chi connectivity index (χ0n) is 12.5. The van der Waals surface area contributed by atoms with Crippen molar-refractivity contribution in [2.45, 2.75) is 38.1 Å². The third-order valence-corrected chi connectivity index (χ3v) is 4.88. The van der Waals surface area contributed by atoms with Crippen molar-refractivity contribution in [2.75, 3.05) is 47.3 Å². The molecule has 1 N–H and O–H groups in total. The normalized spacial score (nSPS) is 34.3. The lowest BCUT2D eigenvalue weighted by molar-refractivity contribution is 0.178. The third kappa shape index (κ3) is 3.94. The topological polar surface area (TPSA) is 18.5 Å². The Hall–Kier alpha value is -0.120. The molecular weight excluding hydrogens is 222 g/mol. The van der Waals surface area contributed by atoms with E-state index >= 15 is 0 Å². The van der Waals surface area contributed by atoms with Crippen LogP contribution in [0.2, 0.25) is 0 Å². The fourth-order valence-corrected chi connectivity index (χ4v) is 3.90. The van der Waals surface area contributed by atoms with Gasteiger partial charge in [0.05, 0.1) is 0 Å². The van der Waals surface area contributed by atoms with Crippen molar-refractivity contribution in [3.8, 4) is 0 Å². The predicted molar refractivity (Wildman–Crippen MR) is 77.9 cm³/mol. The summed E-state index contributed by atoms with van der Waals surface area (Å²) in [7, 11) is 6.70. The van der Waals surface area contributed by atoms with Crippen LogP contribution < -0.4 is 5.32 Å². The number of rotatable bonds is 5. The lowest BCUT2D eigenvalue weighted by Gasteiger charge is -2.34. The van der Waals surface area contributed by atoms with Crippen molar-refractivity contribution < 1.29 is 0 Å². The molecule has 1 saturated carbocycles. The molecule has 3 nitrogen and oxygen atoms in total. The standard InChI is InChI=1S/C15H31N3/c1-16-15-7-5-4-6-14(15)12-18(3)11-13-8-9-17(2)10-13/h13-16H,4-12H2,1-3H3. The molecule has 3 atom stereocenters. The van der Waals surface area contributed by atoms with Gasteiger partial charge in [-0.15, -0.1) is 0 Å². The first kappa shape index (κ1) is 14.3. The molecule has 18 heavy (non-hydrogen) atoms. The van der Waals surface area contributed by atoms with Crippen LogP contribution in [0.25, 0.3) is 0 Å². The average molecular weight is 253 g/mol. The van der Waals surface area contributed by atoms with E-state index in [2.05, 4.69) is 36.3 Å².